The molecule has 1 amide bonds. The topological polar surface area (TPSA) is 60.0 Å². The first kappa shape index (κ1) is 21.6. The number of rotatable bonds is 7. The third kappa shape index (κ3) is 5.30. The molecule has 1 atom stereocenters. The quantitative estimate of drug-likeness (QED) is 0.547. The van der Waals surface area contributed by atoms with Gasteiger partial charge in [-0.15, -0.1) is 0 Å². The SMILES string of the molecule is CN=C(NCC(c1ccccc1)N1CCCC1)NCC1(C(=O)N(C)C)CCCC1. The van der Waals surface area contributed by atoms with Gasteiger partial charge in [0.15, 0.2) is 5.96 Å². The summed E-state index contributed by atoms with van der Waals surface area (Å²) in [5.74, 6) is 1.01. The number of hydrogen-bond donors (Lipinski definition) is 2. The molecule has 1 unspecified atom stereocenters. The van der Waals surface area contributed by atoms with Crippen molar-refractivity contribution in [1.29, 1.82) is 0 Å². The van der Waals surface area contributed by atoms with E-state index < -0.39 is 0 Å². The van der Waals surface area contributed by atoms with E-state index in [2.05, 4.69) is 50.9 Å². The van der Waals surface area contributed by atoms with Crippen LogP contribution in [0.2, 0.25) is 0 Å². The average Bonchev–Trinajstić information content (AvgIpc) is 3.43. The number of nitrogens with one attached hydrogen (secondary N) is 2. The molecule has 160 valence electrons. The number of benzene rings is 1. The summed E-state index contributed by atoms with van der Waals surface area (Å²) in [6.45, 7) is 3.74. The Labute approximate surface area is 175 Å². The van der Waals surface area contributed by atoms with E-state index >= 15 is 0 Å². The van der Waals surface area contributed by atoms with Crippen molar-refractivity contribution in [2.24, 2.45) is 10.4 Å². The molecule has 3 rings (SSSR count). The van der Waals surface area contributed by atoms with Crippen molar-refractivity contribution in [3.05, 3.63) is 35.9 Å². The van der Waals surface area contributed by atoms with Crippen LogP contribution in [-0.2, 0) is 4.79 Å². The predicted octanol–water partition coefficient (Wildman–Crippen LogP) is 2.64. The maximum atomic E-state index is 12.8. The van der Waals surface area contributed by atoms with Crippen LogP contribution in [0.25, 0.3) is 0 Å². The largest absolute Gasteiger partial charge is 0.355 e. The molecule has 1 aliphatic carbocycles. The van der Waals surface area contributed by atoms with Gasteiger partial charge >= 0.3 is 0 Å². The van der Waals surface area contributed by atoms with Gasteiger partial charge in [-0.3, -0.25) is 14.7 Å². The monoisotopic (exact) mass is 399 g/mol. The number of likely N-dealkylation sites (tertiary alicyclic amines) is 1. The molecule has 0 spiro atoms. The number of guanidine groups is 1. The third-order valence-electron chi connectivity index (χ3n) is 6.47. The minimum atomic E-state index is -0.297. The number of carbonyl (C=O) groups is 1. The molecule has 2 aliphatic rings. The Hall–Kier alpha value is -2.08. The highest BCUT2D eigenvalue weighted by Crippen LogP contribution is 2.38. The second kappa shape index (κ2) is 10.1. The van der Waals surface area contributed by atoms with Crippen molar-refractivity contribution >= 4 is 11.9 Å². The van der Waals surface area contributed by atoms with Crippen LogP contribution in [-0.4, -0.2) is 69.0 Å². The van der Waals surface area contributed by atoms with Crippen LogP contribution >= 0.6 is 0 Å². The Bertz CT molecular complexity index is 676. The van der Waals surface area contributed by atoms with E-state index in [1.54, 1.807) is 11.9 Å². The van der Waals surface area contributed by atoms with Gasteiger partial charge in [0.05, 0.1) is 11.5 Å². The number of hydrogen-bond acceptors (Lipinski definition) is 3. The molecular weight excluding hydrogens is 362 g/mol. The van der Waals surface area contributed by atoms with Gasteiger partial charge < -0.3 is 15.5 Å². The summed E-state index contributed by atoms with van der Waals surface area (Å²) in [4.78, 5) is 21.5. The Morgan fingerprint density at radius 3 is 2.34 bits per heavy atom. The molecular formula is C23H37N5O. The summed E-state index contributed by atoms with van der Waals surface area (Å²) in [6, 6.07) is 11.1. The second-order valence-electron chi connectivity index (χ2n) is 8.66. The molecule has 1 saturated carbocycles. The predicted molar refractivity (Wildman–Crippen MR) is 119 cm³/mol. The number of aliphatic imine (C=N–C) groups is 1. The van der Waals surface area contributed by atoms with Gasteiger partial charge in [0.25, 0.3) is 0 Å². The smallest absolute Gasteiger partial charge is 0.230 e. The van der Waals surface area contributed by atoms with Crippen LogP contribution in [0.4, 0.5) is 0 Å². The van der Waals surface area contributed by atoms with Crippen molar-refractivity contribution in [2.75, 3.05) is 47.3 Å². The van der Waals surface area contributed by atoms with Gasteiger partial charge in [-0.1, -0.05) is 43.2 Å². The van der Waals surface area contributed by atoms with Crippen molar-refractivity contribution in [2.45, 2.75) is 44.6 Å². The third-order valence-corrected chi connectivity index (χ3v) is 6.47. The van der Waals surface area contributed by atoms with Crippen LogP contribution < -0.4 is 10.6 Å². The fraction of sp³-hybridized carbons (Fsp3) is 0.652. The molecule has 2 N–H and O–H groups in total. The van der Waals surface area contributed by atoms with E-state index in [1.165, 1.54) is 18.4 Å². The maximum absolute atomic E-state index is 12.8. The summed E-state index contributed by atoms with van der Waals surface area (Å²) >= 11 is 0. The number of carbonyl (C=O) groups excluding carboxylic acids is 1. The van der Waals surface area contributed by atoms with Crippen LogP contribution in [0.3, 0.4) is 0 Å². The van der Waals surface area contributed by atoms with E-state index in [4.69, 9.17) is 0 Å². The highest BCUT2D eigenvalue weighted by molar-refractivity contribution is 5.85. The molecule has 1 aromatic carbocycles. The molecule has 6 nitrogen and oxygen atoms in total. The first-order valence-electron chi connectivity index (χ1n) is 11.0. The Morgan fingerprint density at radius 1 is 1.10 bits per heavy atom. The van der Waals surface area contributed by atoms with E-state index in [0.29, 0.717) is 12.6 Å². The van der Waals surface area contributed by atoms with Gasteiger partial charge in [-0.05, 0) is 44.3 Å². The van der Waals surface area contributed by atoms with Crippen LogP contribution in [0, 0.1) is 5.41 Å². The van der Waals surface area contributed by atoms with E-state index in [-0.39, 0.29) is 11.3 Å². The number of nitrogens with zero attached hydrogens (tertiary/aromatic N) is 3. The Balaban J connectivity index is 1.62. The van der Waals surface area contributed by atoms with Crippen LogP contribution in [0.1, 0.15) is 50.1 Å². The lowest BCUT2D eigenvalue weighted by molar-refractivity contribution is -0.138. The lowest BCUT2D eigenvalue weighted by atomic mass is 9.84. The lowest BCUT2D eigenvalue weighted by Crippen LogP contribution is -2.50. The summed E-state index contributed by atoms with van der Waals surface area (Å²) in [5.41, 5.74) is 1.04. The molecule has 1 saturated heterocycles. The van der Waals surface area contributed by atoms with Gasteiger partial charge in [0, 0.05) is 34.2 Å². The molecule has 6 heteroatoms. The normalized spacial score (nSPS) is 20.4. The summed E-state index contributed by atoms with van der Waals surface area (Å²) in [7, 11) is 5.52. The second-order valence-corrected chi connectivity index (χ2v) is 8.66. The zero-order valence-electron chi connectivity index (χ0n) is 18.3. The Kier molecular flexibility index (Phi) is 7.53. The van der Waals surface area contributed by atoms with E-state index in [0.717, 1.165) is 51.3 Å². The van der Waals surface area contributed by atoms with Gasteiger partial charge in [0.2, 0.25) is 5.91 Å². The van der Waals surface area contributed by atoms with Crippen molar-refractivity contribution < 1.29 is 4.79 Å². The van der Waals surface area contributed by atoms with E-state index in [1.807, 2.05) is 14.1 Å². The van der Waals surface area contributed by atoms with E-state index in [9.17, 15) is 4.79 Å². The summed E-state index contributed by atoms with van der Waals surface area (Å²) < 4.78 is 0. The fourth-order valence-corrected chi connectivity index (χ4v) is 4.85. The van der Waals surface area contributed by atoms with Crippen molar-refractivity contribution in [3.63, 3.8) is 0 Å². The molecule has 1 heterocycles. The van der Waals surface area contributed by atoms with Gasteiger partial charge in [-0.25, -0.2) is 0 Å². The molecule has 29 heavy (non-hydrogen) atoms. The maximum Gasteiger partial charge on any atom is 0.230 e. The average molecular weight is 400 g/mol. The zero-order chi connectivity index (χ0) is 20.7. The first-order valence-corrected chi connectivity index (χ1v) is 11.0. The first-order chi connectivity index (χ1) is 14.1. The fourth-order valence-electron chi connectivity index (χ4n) is 4.85. The standard InChI is InChI=1S/C23H37N5O/c1-24-22(26-18-23(13-7-8-14-23)21(29)27(2)3)25-17-20(28-15-9-10-16-28)19-11-5-4-6-12-19/h4-6,11-12,20H,7-10,13-18H2,1-3H3,(H2,24,25,26). The van der Waals surface area contributed by atoms with Crippen molar-refractivity contribution in [1.82, 2.24) is 20.4 Å². The Morgan fingerprint density at radius 2 is 1.76 bits per heavy atom. The van der Waals surface area contributed by atoms with Crippen molar-refractivity contribution in [3.8, 4) is 0 Å². The number of amides is 1. The highest BCUT2D eigenvalue weighted by atomic mass is 16.2. The van der Waals surface area contributed by atoms with Gasteiger partial charge in [0.1, 0.15) is 0 Å². The molecule has 2 fully saturated rings. The molecule has 0 bridgehead atoms. The molecule has 1 aliphatic heterocycles. The summed E-state index contributed by atoms with van der Waals surface area (Å²) in [6.07, 6.45) is 6.69. The minimum absolute atomic E-state index is 0.234. The molecule has 0 aromatic heterocycles. The minimum Gasteiger partial charge on any atom is -0.355 e. The van der Waals surface area contributed by atoms with Gasteiger partial charge in [-0.2, -0.15) is 0 Å². The zero-order valence-corrected chi connectivity index (χ0v) is 18.3. The molecule has 0 radical (unpaired) electrons. The highest BCUT2D eigenvalue weighted by Gasteiger charge is 2.42. The molecule has 1 aromatic rings. The lowest BCUT2D eigenvalue weighted by Gasteiger charge is -2.32. The van der Waals surface area contributed by atoms with Crippen LogP contribution in [0.15, 0.2) is 35.3 Å². The summed E-state index contributed by atoms with van der Waals surface area (Å²) in [5, 5.41) is 6.98. The van der Waals surface area contributed by atoms with Crippen LogP contribution in [0.5, 0.6) is 0 Å².